The Labute approximate surface area is 207 Å². The van der Waals surface area contributed by atoms with Crippen LogP contribution in [0.1, 0.15) is 29.2 Å². The number of halogens is 1. The third-order valence-electron chi connectivity index (χ3n) is 6.63. The van der Waals surface area contributed by atoms with E-state index in [4.69, 9.17) is 9.47 Å². The summed E-state index contributed by atoms with van der Waals surface area (Å²) in [6.07, 6.45) is 0.898. The standard InChI is InChI=1S/C27H25BrN2O4/c1-33-23-14-18-12-13-29(22-16-25(31)30(27(22)32)20-6-4-3-5-7-20)26(21(18)15-24(23)34-2)17-8-10-19(28)11-9-17/h3-11,14-15,22,26H,12-13,16H2,1-2H3/t22-,26+/m0/s1. The van der Waals surface area contributed by atoms with Gasteiger partial charge in [-0.25, -0.2) is 4.90 Å². The number of rotatable bonds is 5. The van der Waals surface area contributed by atoms with E-state index in [0.717, 1.165) is 27.6 Å². The number of hydrogen-bond acceptors (Lipinski definition) is 5. The SMILES string of the molecule is COc1cc2c(cc1OC)[C@@H](c1ccc(Br)cc1)N([C@H]1CC(=O)N(c3ccccc3)C1=O)CC2. The van der Waals surface area contributed by atoms with E-state index in [1.54, 1.807) is 26.4 Å². The summed E-state index contributed by atoms with van der Waals surface area (Å²) in [5.74, 6) is 0.979. The van der Waals surface area contributed by atoms with Crippen molar-refractivity contribution in [1.82, 2.24) is 4.90 Å². The summed E-state index contributed by atoms with van der Waals surface area (Å²) in [5, 5.41) is 0. The summed E-state index contributed by atoms with van der Waals surface area (Å²) < 4.78 is 12.1. The number of para-hydroxylation sites is 1. The van der Waals surface area contributed by atoms with E-state index in [9.17, 15) is 9.59 Å². The van der Waals surface area contributed by atoms with Gasteiger partial charge in [0, 0.05) is 11.0 Å². The highest BCUT2D eigenvalue weighted by Crippen LogP contribution is 2.43. The second kappa shape index (κ2) is 9.24. The Morgan fingerprint density at radius 3 is 2.26 bits per heavy atom. The number of anilines is 1. The molecule has 5 rings (SSSR count). The van der Waals surface area contributed by atoms with Gasteiger partial charge in [0.2, 0.25) is 5.91 Å². The average molecular weight is 521 g/mol. The van der Waals surface area contributed by atoms with Crippen molar-refractivity contribution >= 4 is 33.4 Å². The van der Waals surface area contributed by atoms with E-state index < -0.39 is 6.04 Å². The van der Waals surface area contributed by atoms with Gasteiger partial charge >= 0.3 is 0 Å². The molecule has 2 aliphatic heterocycles. The van der Waals surface area contributed by atoms with Gasteiger partial charge in [-0.05, 0) is 59.5 Å². The van der Waals surface area contributed by atoms with Gasteiger partial charge in [0.25, 0.3) is 5.91 Å². The molecule has 3 aromatic carbocycles. The highest BCUT2D eigenvalue weighted by Gasteiger charge is 2.46. The Bertz CT molecular complexity index is 1230. The molecule has 1 fully saturated rings. The summed E-state index contributed by atoms with van der Waals surface area (Å²) in [5.41, 5.74) is 3.88. The molecule has 174 valence electrons. The molecule has 34 heavy (non-hydrogen) atoms. The molecule has 0 radical (unpaired) electrons. The van der Waals surface area contributed by atoms with E-state index >= 15 is 0 Å². The molecule has 7 heteroatoms. The van der Waals surface area contributed by atoms with Crippen molar-refractivity contribution < 1.29 is 19.1 Å². The van der Waals surface area contributed by atoms with E-state index in [1.807, 2.05) is 42.5 Å². The van der Waals surface area contributed by atoms with Gasteiger partial charge in [-0.3, -0.25) is 14.5 Å². The summed E-state index contributed by atoms with van der Waals surface area (Å²) in [6.45, 7) is 0.648. The van der Waals surface area contributed by atoms with E-state index in [1.165, 1.54) is 4.90 Å². The lowest BCUT2D eigenvalue weighted by atomic mass is 9.86. The lowest BCUT2D eigenvalue weighted by Crippen LogP contribution is -2.47. The predicted molar refractivity (Wildman–Crippen MR) is 133 cm³/mol. The largest absolute Gasteiger partial charge is 0.493 e. The lowest BCUT2D eigenvalue weighted by molar-refractivity contribution is -0.123. The molecule has 2 heterocycles. The number of hydrogen-bond donors (Lipinski definition) is 0. The lowest BCUT2D eigenvalue weighted by Gasteiger charge is -2.40. The molecule has 0 bridgehead atoms. The maximum atomic E-state index is 13.6. The fourth-order valence-electron chi connectivity index (χ4n) is 5.04. The first-order valence-electron chi connectivity index (χ1n) is 11.2. The van der Waals surface area contributed by atoms with Crippen LogP contribution in [0.5, 0.6) is 11.5 Å². The van der Waals surface area contributed by atoms with Gasteiger partial charge < -0.3 is 9.47 Å². The molecule has 2 atom stereocenters. The Morgan fingerprint density at radius 1 is 0.912 bits per heavy atom. The third-order valence-corrected chi connectivity index (χ3v) is 7.16. The number of amides is 2. The predicted octanol–water partition coefficient (Wildman–Crippen LogP) is 4.75. The first-order valence-corrected chi connectivity index (χ1v) is 12.0. The fourth-order valence-corrected chi connectivity index (χ4v) is 5.30. The normalized spacial score (nSPS) is 20.4. The van der Waals surface area contributed by atoms with Crippen LogP contribution in [0.4, 0.5) is 5.69 Å². The molecule has 2 amide bonds. The monoisotopic (exact) mass is 520 g/mol. The van der Waals surface area contributed by atoms with Gasteiger partial charge in [0.15, 0.2) is 11.5 Å². The molecule has 2 aliphatic rings. The molecule has 6 nitrogen and oxygen atoms in total. The number of carbonyl (C=O) groups excluding carboxylic acids is 2. The number of carbonyl (C=O) groups is 2. The van der Waals surface area contributed by atoms with E-state index in [0.29, 0.717) is 23.7 Å². The van der Waals surface area contributed by atoms with Crippen LogP contribution in [0.2, 0.25) is 0 Å². The van der Waals surface area contributed by atoms with Gasteiger partial charge in [0.1, 0.15) is 0 Å². The fraction of sp³-hybridized carbons (Fsp3) is 0.259. The minimum atomic E-state index is -0.539. The molecule has 3 aromatic rings. The topological polar surface area (TPSA) is 59.1 Å². The molecular formula is C27H25BrN2O4. The van der Waals surface area contributed by atoms with Gasteiger partial charge in [-0.1, -0.05) is 46.3 Å². The van der Waals surface area contributed by atoms with Crippen molar-refractivity contribution in [2.24, 2.45) is 0 Å². The van der Waals surface area contributed by atoms with Crippen molar-refractivity contribution in [1.29, 1.82) is 0 Å². The minimum Gasteiger partial charge on any atom is -0.493 e. The first kappa shape index (κ1) is 22.6. The number of benzene rings is 3. The molecular weight excluding hydrogens is 496 g/mol. The average Bonchev–Trinajstić information content (AvgIpc) is 3.16. The van der Waals surface area contributed by atoms with Crippen LogP contribution < -0.4 is 14.4 Å². The van der Waals surface area contributed by atoms with E-state index in [-0.39, 0.29) is 24.3 Å². The third kappa shape index (κ3) is 3.89. The van der Waals surface area contributed by atoms with Crippen LogP contribution >= 0.6 is 15.9 Å². The summed E-state index contributed by atoms with van der Waals surface area (Å²) in [6, 6.07) is 20.6. The maximum absolute atomic E-state index is 13.6. The molecule has 0 N–H and O–H groups in total. The molecule has 0 unspecified atom stereocenters. The maximum Gasteiger partial charge on any atom is 0.251 e. The van der Waals surface area contributed by atoms with Crippen molar-refractivity contribution in [2.75, 3.05) is 25.7 Å². The number of fused-ring (bicyclic) bond motifs is 1. The Morgan fingerprint density at radius 2 is 1.59 bits per heavy atom. The zero-order valence-electron chi connectivity index (χ0n) is 19.0. The Kier molecular flexibility index (Phi) is 6.15. The van der Waals surface area contributed by atoms with Gasteiger partial charge in [0.05, 0.1) is 38.4 Å². The van der Waals surface area contributed by atoms with Crippen LogP contribution in [-0.2, 0) is 16.0 Å². The van der Waals surface area contributed by atoms with Gasteiger partial charge in [-0.2, -0.15) is 0 Å². The molecule has 1 saturated heterocycles. The van der Waals surface area contributed by atoms with Crippen LogP contribution in [0.15, 0.2) is 71.2 Å². The van der Waals surface area contributed by atoms with Crippen molar-refractivity contribution in [3.8, 4) is 11.5 Å². The molecule has 0 aliphatic carbocycles. The number of methoxy groups -OCH3 is 2. The Hall–Kier alpha value is -3.16. The molecule has 0 aromatic heterocycles. The van der Waals surface area contributed by atoms with Crippen LogP contribution in [-0.4, -0.2) is 43.5 Å². The van der Waals surface area contributed by atoms with Crippen molar-refractivity contribution in [3.05, 3.63) is 87.9 Å². The first-order chi connectivity index (χ1) is 16.5. The van der Waals surface area contributed by atoms with Gasteiger partial charge in [-0.15, -0.1) is 0 Å². The number of ether oxygens (including phenoxy) is 2. The zero-order valence-corrected chi connectivity index (χ0v) is 20.6. The number of imide groups is 1. The second-order valence-electron chi connectivity index (χ2n) is 8.47. The summed E-state index contributed by atoms with van der Waals surface area (Å²) in [4.78, 5) is 30.1. The summed E-state index contributed by atoms with van der Waals surface area (Å²) >= 11 is 3.52. The highest BCUT2D eigenvalue weighted by molar-refractivity contribution is 9.10. The molecule has 0 saturated carbocycles. The second-order valence-corrected chi connectivity index (χ2v) is 9.39. The number of nitrogens with zero attached hydrogens (tertiary/aromatic N) is 2. The quantitative estimate of drug-likeness (QED) is 0.454. The van der Waals surface area contributed by atoms with E-state index in [2.05, 4.69) is 33.0 Å². The van der Waals surface area contributed by atoms with Crippen molar-refractivity contribution in [2.45, 2.75) is 24.9 Å². The summed E-state index contributed by atoms with van der Waals surface area (Å²) in [7, 11) is 3.25. The van der Waals surface area contributed by atoms with Crippen molar-refractivity contribution in [3.63, 3.8) is 0 Å². The Balaban J connectivity index is 1.59. The molecule has 0 spiro atoms. The van der Waals surface area contributed by atoms with Crippen LogP contribution in [0.25, 0.3) is 0 Å². The van der Waals surface area contributed by atoms with Crippen LogP contribution in [0.3, 0.4) is 0 Å². The minimum absolute atomic E-state index is 0.156. The van der Waals surface area contributed by atoms with Crippen LogP contribution in [0, 0.1) is 0 Å². The highest BCUT2D eigenvalue weighted by atomic mass is 79.9. The smallest absolute Gasteiger partial charge is 0.251 e. The zero-order chi connectivity index (χ0) is 23.8.